The number of aromatic nitrogens is 2. The van der Waals surface area contributed by atoms with Gasteiger partial charge in [-0.2, -0.15) is 0 Å². The summed E-state index contributed by atoms with van der Waals surface area (Å²) in [6.45, 7) is 8.70. The SMILES string of the molecule is C=c1nc2c(c(=O)[nH]1)=Nc1cc(C)c(C)cc1N2CCCc1ccccc1. The summed E-state index contributed by atoms with van der Waals surface area (Å²) in [5, 5.41) is 0.359. The molecule has 1 aliphatic heterocycles. The number of hydrogen-bond donors (Lipinski definition) is 1. The first-order valence-corrected chi connectivity index (χ1v) is 9.13. The van der Waals surface area contributed by atoms with Gasteiger partial charge in [-0.3, -0.25) is 4.79 Å². The second-order valence-corrected chi connectivity index (χ2v) is 6.96. The number of anilines is 2. The molecule has 0 fully saturated rings. The van der Waals surface area contributed by atoms with Crippen molar-refractivity contribution in [1.82, 2.24) is 9.97 Å². The van der Waals surface area contributed by atoms with Crippen molar-refractivity contribution in [2.45, 2.75) is 26.7 Å². The van der Waals surface area contributed by atoms with Crippen LogP contribution in [0.1, 0.15) is 23.1 Å². The quantitative estimate of drug-likeness (QED) is 0.780. The molecule has 0 aliphatic carbocycles. The smallest absolute Gasteiger partial charge is 0.279 e. The third-order valence-electron chi connectivity index (χ3n) is 4.99. The molecular weight excluding hydrogens is 336 g/mol. The fraction of sp³-hybridized carbons (Fsp3) is 0.227. The molecule has 0 amide bonds. The molecule has 3 aromatic rings. The number of fused-ring (bicyclic) bond motifs is 2. The third-order valence-corrected chi connectivity index (χ3v) is 4.99. The van der Waals surface area contributed by atoms with Crippen LogP contribution >= 0.6 is 0 Å². The van der Waals surface area contributed by atoms with Crippen LogP contribution in [0.4, 0.5) is 17.2 Å². The summed E-state index contributed by atoms with van der Waals surface area (Å²) < 4.78 is 0. The lowest BCUT2D eigenvalue weighted by atomic mass is 10.0. The molecule has 2 aromatic carbocycles. The van der Waals surface area contributed by atoms with E-state index in [1.807, 2.05) is 12.1 Å². The normalized spacial score (nSPS) is 12.3. The van der Waals surface area contributed by atoms with E-state index in [0.29, 0.717) is 16.7 Å². The number of H-pyrrole nitrogens is 1. The number of rotatable bonds is 4. The average Bonchev–Trinajstić information content (AvgIpc) is 2.64. The van der Waals surface area contributed by atoms with E-state index in [1.54, 1.807) is 0 Å². The highest BCUT2D eigenvalue weighted by Crippen LogP contribution is 2.36. The molecular formula is C22H22N4O. The minimum Gasteiger partial charge on any atom is -0.322 e. The molecule has 1 aliphatic rings. The first-order chi connectivity index (χ1) is 13.0. The van der Waals surface area contributed by atoms with Gasteiger partial charge in [0, 0.05) is 6.54 Å². The Balaban J connectivity index is 1.76. The van der Waals surface area contributed by atoms with Crippen molar-refractivity contribution in [1.29, 1.82) is 0 Å². The minimum atomic E-state index is -0.248. The van der Waals surface area contributed by atoms with Gasteiger partial charge in [0.25, 0.3) is 5.56 Å². The third kappa shape index (κ3) is 3.28. The van der Waals surface area contributed by atoms with Gasteiger partial charge in [0.1, 0.15) is 5.48 Å². The molecule has 136 valence electrons. The van der Waals surface area contributed by atoms with Crippen molar-refractivity contribution >= 4 is 23.8 Å². The maximum Gasteiger partial charge on any atom is 0.279 e. The molecule has 0 saturated heterocycles. The number of aryl methyl sites for hydroxylation is 3. The van der Waals surface area contributed by atoms with Crippen molar-refractivity contribution < 1.29 is 0 Å². The van der Waals surface area contributed by atoms with E-state index in [2.05, 4.69) is 70.6 Å². The van der Waals surface area contributed by atoms with Gasteiger partial charge in [0.2, 0.25) is 0 Å². The topological polar surface area (TPSA) is 61.4 Å². The molecule has 2 heterocycles. The molecule has 1 aromatic heterocycles. The summed E-state index contributed by atoms with van der Waals surface area (Å²) in [5.74, 6) is 0.590. The Labute approximate surface area is 157 Å². The lowest BCUT2D eigenvalue weighted by molar-refractivity contribution is 0.784. The fourth-order valence-corrected chi connectivity index (χ4v) is 3.43. The maximum absolute atomic E-state index is 12.4. The highest BCUT2D eigenvalue weighted by Gasteiger charge is 2.23. The van der Waals surface area contributed by atoms with Gasteiger partial charge < -0.3 is 9.88 Å². The van der Waals surface area contributed by atoms with Gasteiger partial charge in [-0.25, -0.2) is 9.98 Å². The van der Waals surface area contributed by atoms with Crippen LogP contribution in [-0.4, -0.2) is 16.5 Å². The van der Waals surface area contributed by atoms with Crippen LogP contribution in [0.3, 0.4) is 0 Å². The molecule has 0 radical (unpaired) electrons. The molecule has 0 saturated carbocycles. The monoisotopic (exact) mass is 358 g/mol. The van der Waals surface area contributed by atoms with Gasteiger partial charge in [-0.15, -0.1) is 0 Å². The number of nitrogens with one attached hydrogen (secondary N) is 1. The van der Waals surface area contributed by atoms with E-state index >= 15 is 0 Å². The zero-order valence-corrected chi connectivity index (χ0v) is 15.6. The molecule has 5 heteroatoms. The number of benzene rings is 2. The number of aromatic amines is 1. The molecule has 1 N–H and O–H groups in total. The molecule has 4 rings (SSSR count). The molecule has 0 atom stereocenters. The Bertz CT molecular complexity index is 1170. The van der Waals surface area contributed by atoms with Crippen LogP contribution in [-0.2, 0) is 6.42 Å². The molecule has 0 bridgehead atoms. The lowest BCUT2D eigenvalue weighted by Crippen LogP contribution is -2.42. The van der Waals surface area contributed by atoms with Crippen molar-refractivity contribution in [3.8, 4) is 0 Å². The van der Waals surface area contributed by atoms with Crippen LogP contribution < -0.4 is 21.3 Å². The fourth-order valence-electron chi connectivity index (χ4n) is 3.43. The maximum atomic E-state index is 12.4. The second-order valence-electron chi connectivity index (χ2n) is 6.96. The summed E-state index contributed by atoms with van der Waals surface area (Å²) in [4.78, 5) is 26.3. The summed E-state index contributed by atoms with van der Waals surface area (Å²) >= 11 is 0. The lowest BCUT2D eigenvalue weighted by Gasteiger charge is -2.28. The predicted molar refractivity (Wildman–Crippen MR) is 109 cm³/mol. The van der Waals surface area contributed by atoms with E-state index < -0.39 is 0 Å². The van der Waals surface area contributed by atoms with Crippen LogP contribution in [0.2, 0.25) is 0 Å². The number of nitrogens with zero attached hydrogens (tertiary/aromatic N) is 3. The molecule has 27 heavy (non-hydrogen) atoms. The Morgan fingerprint density at radius 1 is 1.11 bits per heavy atom. The highest BCUT2D eigenvalue weighted by molar-refractivity contribution is 5.77. The first-order valence-electron chi connectivity index (χ1n) is 9.13. The van der Waals surface area contributed by atoms with Gasteiger partial charge >= 0.3 is 0 Å². The van der Waals surface area contributed by atoms with Gasteiger partial charge in [-0.05, 0) is 55.5 Å². The summed E-state index contributed by atoms with van der Waals surface area (Å²) in [5.41, 5.74) is 5.57. The van der Waals surface area contributed by atoms with Crippen LogP contribution in [0.25, 0.3) is 6.58 Å². The largest absolute Gasteiger partial charge is 0.322 e. The first kappa shape index (κ1) is 17.2. The molecule has 0 spiro atoms. The molecule has 0 unspecified atom stereocenters. The number of hydrogen-bond acceptors (Lipinski definition) is 4. The van der Waals surface area contributed by atoms with Crippen LogP contribution in [0, 0.1) is 13.8 Å². The minimum absolute atomic E-state index is 0.248. The standard InChI is InChI=1S/C22H22N4O/c1-14-12-18-19(13-15(14)2)26(11-7-10-17-8-5-4-6-9-17)21-20(25-18)22(27)24-16(3)23-21/h4-6,8-9,12-13H,3,7,10-11H2,1-2H3,(H,24,27). The van der Waals surface area contributed by atoms with E-state index in [9.17, 15) is 4.79 Å². The van der Waals surface area contributed by atoms with Crippen molar-refractivity contribution in [2.24, 2.45) is 4.99 Å². The van der Waals surface area contributed by atoms with Gasteiger partial charge in [0.05, 0.1) is 11.4 Å². The Morgan fingerprint density at radius 3 is 2.63 bits per heavy atom. The predicted octanol–water partition coefficient (Wildman–Crippen LogP) is 2.83. The van der Waals surface area contributed by atoms with Crippen LogP contribution in [0.5, 0.6) is 0 Å². The second kappa shape index (κ2) is 6.83. The van der Waals surface area contributed by atoms with Crippen molar-refractivity contribution in [2.75, 3.05) is 11.4 Å². The zero-order valence-electron chi connectivity index (χ0n) is 15.6. The average molecular weight is 358 g/mol. The zero-order chi connectivity index (χ0) is 19.0. The van der Waals surface area contributed by atoms with Crippen molar-refractivity contribution in [3.63, 3.8) is 0 Å². The highest BCUT2D eigenvalue weighted by atomic mass is 16.1. The van der Waals surface area contributed by atoms with Gasteiger partial charge in [0.15, 0.2) is 11.2 Å². The summed E-state index contributed by atoms with van der Waals surface area (Å²) in [6.07, 6.45) is 1.90. The van der Waals surface area contributed by atoms with E-state index in [4.69, 9.17) is 0 Å². The molecule has 5 nitrogen and oxygen atoms in total. The summed E-state index contributed by atoms with van der Waals surface area (Å²) in [6, 6.07) is 14.6. The van der Waals surface area contributed by atoms with E-state index in [-0.39, 0.29) is 5.56 Å². The van der Waals surface area contributed by atoms with Crippen LogP contribution in [0.15, 0.2) is 52.3 Å². The Morgan fingerprint density at radius 2 is 1.85 bits per heavy atom. The van der Waals surface area contributed by atoms with E-state index in [1.165, 1.54) is 11.1 Å². The Hall–Kier alpha value is -3.21. The Kier molecular flexibility index (Phi) is 4.36. The van der Waals surface area contributed by atoms with Gasteiger partial charge in [-0.1, -0.05) is 36.9 Å². The van der Waals surface area contributed by atoms with Crippen molar-refractivity contribution in [3.05, 3.63) is 80.3 Å². The summed E-state index contributed by atoms with van der Waals surface area (Å²) in [7, 11) is 0. The van der Waals surface area contributed by atoms with E-state index in [0.717, 1.165) is 36.3 Å².